The molecule has 8 rings (SSSR count). The molecule has 3 N–H and O–H groups in total. The minimum absolute atomic E-state index is 0.0576. The number of benzene rings is 1. The van der Waals surface area contributed by atoms with Crippen LogP contribution in [0.15, 0.2) is 59.7 Å². The highest BCUT2D eigenvalue weighted by Gasteiger charge is 2.44. The van der Waals surface area contributed by atoms with Crippen LogP contribution in [0.5, 0.6) is 0 Å². The number of H-pyrrole nitrogens is 1. The fourth-order valence-electron chi connectivity index (χ4n) is 8.09. The smallest absolute Gasteiger partial charge is 0.262 e. The Bertz CT molecular complexity index is 2240. The molecule has 55 heavy (non-hydrogen) atoms. The van der Waals surface area contributed by atoms with Crippen LogP contribution in [0.1, 0.15) is 70.9 Å². The molecule has 1 unspecified atom stereocenters. The van der Waals surface area contributed by atoms with Crippen LogP contribution in [0.25, 0.3) is 11.0 Å². The van der Waals surface area contributed by atoms with Gasteiger partial charge in [-0.25, -0.2) is 4.98 Å². The Morgan fingerprint density at radius 2 is 1.56 bits per heavy atom. The van der Waals surface area contributed by atoms with Crippen LogP contribution in [0.2, 0.25) is 0 Å². The van der Waals surface area contributed by atoms with Gasteiger partial charge in [-0.05, 0) is 79.6 Å². The molecule has 1 atom stereocenters. The molecule has 5 amide bonds. The van der Waals surface area contributed by atoms with Crippen molar-refractivity contribution in [3.8, 4) is 0 Å². The van der Waals surface area contributed by atoms with Crippen molar-refractivity contribution in [3.05, 3.63) is 87.5 Å². The van der Waals surface area contributed by atoms with Gasteiger partial charge in [0.15, 0.2) is 0 Å². The number of nitrogens with zero attached hydrogens (tertiary/aromatic N) is 6. The number of hydrogen-bond donors (Lipinski definition) is 3. The Morgan fingerprint density at radius 3 is 2.29 bits per heavy atom. The number of aromatic nitrogens is 3. The van der Waals surface area contributed by atoms with Crippen molar-refractivity contribution < 1.29 is 24.0 Å². The molecule has 7 heterocycles. The number of rotatable bonds is 9. The first-order chi connectivity index (χ1) is 26.6. The lowest BCUT2D eigenvalue weighted by atomic mass is 9.92. The van der Waals surface area contributed by atoms with E-state index in [4.69, 9.17) is 0 Å². The molecule has 4 aliphatic rings. The fraction of sp³-hybridized carbons (Fsp3) is 0.400. The molecule has 3 aromatic heterocycles. The number of fused-ring (bicyclic) bond motifs is 2. The van der Waals surface area contributed by atoms with Crippen molar-refractivity contribution in [2.45, 2.75) is 58.0 Å². The van der Waals surface area contributed by atoms with E-state index in [0.717, 1.165) is 84.0 Å². The van der Waals surface area contributed by atoms with Gasteiger partial charge < -0.3 is 20.1 Å². The average molecular weight is 746 g/mol. The quantitative estimate of drug-likeness (QED) is 0.215. The van der Waals surface area contributed by atoms with E-state index in [9.17, 15) is 28.8 Å². The second-order valence-electron chi connectivity index (χ2n) is 14.8. The lowest BCUT2D eigenvalue weighted by Gasteiger charge is -2.36. The standard InChI is InChI=1S/C40H43N9O6/c1-2-26-19-31-32(43-37(26)52)17-25(21-41-31)23-46-13-15-48(16-14-46)28-4-7-34(42-22-28)44-36(51)18-24-9-11-47(12-10-24)27-3-5-29-30(20-27)40(55)49(39(29)54)33-6-8-35(50)45-38(33)53/h3-5,7,17,19-22,24,33H,2,6,8-16,18,23H2,1H3,(H,43,52)(H,42,44,51)(H,45,50,53). The Hall–Kier alpha value is -5.96. The summed E-state index contributed by atoms with van der Waals surface area (Å²) in [4.78, 5) is 95.5. The maximum Gasteiger partial charge on any atom is 0.262 e. The van der Waals surface area contributed by atoms with Gasteiger partial charge in [-0.3, -0.25) is 48.9 Å². The second kappa shape index (κ2) is 15.1. The first-order valence-electron chi connectivity index (χ1n) is 19.0. The Balaban J connectivity index is 0.786. The van der Waals surface area contributed by atoms with Crippen LogP contribution in [0.4, 0.5) is 17.2 Å². The van der Waals surface area contributed by atoms with Crippen molar-refractivity contribution in [2.75, 3.05) is 54.4 Å². The number of nitrogens with one attached hydrogen (secondary N) is 3. The van der Waals surface area contributed by atoms with Crippen molar-refractivity contribution in [3.63, 3.8) is 0 Å². The zero-order valence-electron chi connectivity index (χ0n) is 30.7. The minimum Gasteiger partial charge on any atom is -0.371 e. The lowest BCUT2D eigenvalue weighted by molar-refractivity contribution is -0.136. The molecule has 284 valence electrons. The first-order valence-corrected chi connectivity index (χ1v) is 19.0. The predicted octanol–water partition coefficient (Wildman–Crippen LogP) is 2.85. The maximum atomic E-state index is 13.3. The van der Waals surface area contributed by atoms with Gasteiger partial charge in [-0.2, -0.15) is 0 Å². The van der Waals surface area contributed by atoms with Crippen LogP contribution in [0.3, 0.4) is 0 Å². The summed E-state index contributed by atoms with van der Waals surface area (Å²) in [5.41, 5.74) is 5.63. The Kier molecular flexibility index (Phi) is 9.86. The van der Waals surface area contributed by atoms with Crippen LogP contribution in [-0.2, 0) is 27.3 Å². The molecule has 15 nitrogen and oxygen atoms in total. The third-order valence-electron chi connectivity index (χ3n) is 11.2. The Labute approximate surface area is 317 Å². The zero-order chi connectivity index (χ0) is 38.2. The number of imide groups is 2. The summed E-state index contributed by atoms with van der Waals surface area (Å²) < 4.78 is 0. The summed E-state index contributed by atoms with van der Waals surface area (Å²) in [5.74, 6) is -1.46. The van der Waals surface area contributed by atoms with Crippen LogP contribution in [0, 0.1) is 5.92 Å². The summed E-state index contributed by atoms with van der Waals surface area (Å²) in [6.45, 7) is 7.51. The highest BCUT2D eigenvalue weighted by molar-refractivity contribution is 6.23. The van der Waals surface area contributed by atoms with Crippen molar-refractivity contribution >= 4 is 57.8 Å². The first kappa shape index (κ1) is 36.0. The molecule has 0 aliphatic carbocycles. The highest BCUT2D eigenvalue weighted by Crippen LogP contribution is 2.33. The molecule has 0 spiro atoms. The average Bonchev–Trinajstić information content (AvgIpc) is 3.43. The third-order valence-corrected chi connectivity index (χ3v) is 11.2. The van der Waals surface area contributed by atoms with Gasteiger partial charge in [0, 0.05) is 76.1 Å². The second-order valence-corrected chi connectivity index (χ2v) is 14.8. The third kappa shape index (κ3) is 7.43. The molecular weight excluding hydrogens is 702 g/mol. The van der Waals surface area contributed by atoms with Crippen LogP contribution < -0.4 is 26.0 Å². The number of carbonyl (C=O) groups excluding carboxylic acids is 5. The van der Waals surface area contributed by atoms with Gasteiger partial charge in [0.1, 0.15) is 11.9 Å². The van der Waals surface area contributed by atoms with Gasteiger partial charge in [0.05, 0.1) is 34.0 Å². The summed E-state index contributed by atoms with van der Waals surface area (Å²) in [5, 5.41) is 5.17. The topological polar surface area (TPSA) is 181 Å². The van der Waals surface area contributed by atoms with Gasteiger partial charge in [-0.1, -0.05) is 6.92 Å². The summed E-state index contributed by atoms with van der Waals surface area (Å²) >= 11 is 0. The van der Waals surface area contributed by atoms with Gasteiger partial charge >= 0.3 is 0 Å². The number of piperazine rings is 1. The normalized spacial score (nSPS) is 19.6. The molecule has 3 saturated heterocycles. The SMILES string of the molecule is CCc1cc2ncc(CN3CCN(c4ccc(NC(=O)CC5CCN(c6ccc7c(c6)C(=O)N(C6CCC(=O)NC6=O)C7=O)CC5)nc4)CC3)cc2[nH]c1=O. The number of hydrogen-bond acceptors (Lipinski definition) is 11. The molecular formula is C40H43N9O6. The predicted molar refractivity (Wildman–Crippen MR) is 205 cm³/mol. The van der Waals surface area contributed by atoms with E-state index < -0.39 is 29.7 Å². The largest absolute Gasteiger partial charge is 0.371 e. The molecule has 0 saturated carbocycles. The molecule has 0 bridgehead atoms. The van der Waals surface area contributed by atoms with E-state index in [1.54, 1.807) is 18.3 Å². The zero-order valence-corrected chi connectivity index (χ0v) is 30.7. The fourth-order valence-corrected chi connectivity index (χ4v) is 8.09. The van der Waals surface area contributed by atoms with Gasteiger partial charge in [0.2, 0.25) is 17.7 Å². The van der Waals surface area contributed by atoms with E-state index in [0.29, 0.717) is 31.7 Å². The number of aryl methyl sites for hydroxylation is 1. The number of piperidine rings is 2. The summed E-state index contributed by atoms with van der Waals surface area (Å²) in [7, 11) is 0. The van der Waals surface area contributed by atoms with Crippen molar-refractivity contribution in [2.24, 2.45) is 5.92 Å². The van der Waals surface area contributed by atoms with Gasteiger partial charge in [-0.15, -0.1) is 0 Å². The van der Waals surface area contributed by atoms with Crippen LogP contribution >= 0.6 is 0 Å². The number of aromatic amines is 1. The monoisotopic (exact) mass is 745 g/mol. The number of pyridine rings is 3. The van der Waals surface area contributed by atoms with Crippen molar-refractivity contribution in [1.82, 2.24) is 30.1 Å². The Morgan fingerprint density at radius 1 is 0.818 bits per heavy atom. The number of anilines is 3. The maximum absolute atomic E-state index is 13.3. The van der Waals surface area contributed by atoms with Crippen LogP contribution in [-0.4, -0.2) is 99.6 Å². The lowest BCUT2D eigenvalue weighted by Crippen LogP contribution is -2.54. The number of amides is 5. The van der Waals surface area contributed by atoms with E-state index >= 15 is 0 Å². The van der Waals surface area contributed by atoms with E-state index in [-0.39, 0.29) is 41.4 Å². The van der Waals surface area contributed by atoms with Crippen molar-refractivity contribution in [1.29, 1.82) is 0 Å². The molecule has 0 radical (unpaired) electrons. The van der Waals surface area contributed by atoms with E-state index in [1.807, 2.05) is 43.5 Å². The molecule has 4 aromatic rings. The molecule has 1 aromatic carbocycles. The highest BCUT2D eigenvalue weighted by atomic mass is 16.2. The van der Waals surface area contributed by atoms with E-state index in [1.165, 1.54) is 0 Å². The minimum atomic E-state index is -0.998. The number of carbonyl (C=O) groups is 5. The molecule has 15 heteroatoms. The molecule has 4 aliphatic heterocycles. The van der Waals surface area contributed by atoms with Gasteiger partial charge in [0.25, 0.3) is 17.4 Å². The molecule has 3 fully saturated rings. The summed E-state index contributed by atoms with van der Waals surface area (Å²) in [6, 6.07) is 11.9. The van der Waals surface area contributed by atoms with E-state index in [2.05, 4.69) is 40.3 Å². The summed E-state index contributed by atoms with van der Waals surface area (Å²) in [6.07, 6.45) is 6.49.